The highest BCUT2D eigenvalue weighted by atomic mass is 16.3. The first-order valence-electron chi connectivity index (χ1n) is 24.0. The van der Waals surface area contributed by atoms with Gasteiger partial charge in [0.15, 0.2) is 0 Å². The Bertz CT molecular complexity index is 3190. The standard InChI is InChI=1S/C66H47N3O/c1-5-22-48(23-6-1)65(49-24-7-2-8-25-49)56-30-13-17-34-60(56)68(61-35-18-14-31-57(61)65)54-43-39-52(40-44-54)67(64-38-21-47-70-64)53-41-45-55(46-42-53)69-62-36-19-15-32-58(62)66(50-26-9-3-10-27-50,51-28-11-4-12-29-51)59-33-16-20-37-63(59)69/h1-47H. The highest BCUT2D eigenvalue weighted by Gasteiger charge is 2.48. The van der Waals surface area contributed by atoms with Crippen LogP contribution in [-0.2, 0) is 10.8 Å². The molecule has 0 N–H and O–H groups in total. The summed E-state index contributed by atoms with van der Waals surface area (Å²) in [6, 6.07) is 101. The van der Waals surface area contributed by atoms with Crippen molar-refractivity contribution in [2.75, 3.05) is 14.7 Å². The molecule has 70 heavy (non-hydrogen) atoms. The maximum absolute atomic E-state index is 6.20. The Kier molecular flexibility index (Phi) is 9.91. The number of rotatable bonds is 9. The lowest BCUT2D eigenvalue weighted by atomic mass is 9.62. The van der Waals surface area contributed by atoms with Crippen molar-refractivity contribution in [1.29, 1.82) is 0 Å². The van der Waals surface area contributed by atoms with Gasteiger partial charge in [0, 0.05) is 28.8 Å². The van der Waals surface area contributed by atoms with Crippen LogP contribution in [0.5, 0.6) is 0 Å². The van der Waals surface area contributed by atoms with E-state index in [-0.39, 0.29) is 0 Å². The zero-order valence-corrected chi connectivity index (χ0v) is 38.4. The van der Waals surface area contributed by atoms with E-state index in [4.69, 9.17) is 4.42 Å². The van der Waals surface area contributed by atoms with Gasteiger partial charge in [-0.25, -0.2) is 0 Å². The van der Waals surface area contributed by atoms with Gasteiger partial charge >= 0.3 is 0 Å². The second-order valence-corrected chi connectivity index (χ2v) is 18.0. The Morgan fingerprint density at radius 3 is 0.843 bits per heavy atom. The summed E-state index contributed by atoms with van der Waals surface area (Å²) < 4.78 is 6.20. The third-order valence-corrected chi connectivity index (χ3v) is 14.5. The summed E-state index contributed by atoms with van der Waals surface area (Å²) in [5, 5.41) is 0. The van der Waals surface area contributed by atoms with Crippen LogP contribution in [0.1, 0.15) is 44.5 Å². The number of hydrogen-bond donors (Lipinski definition) is 0. The molecule has 332 valence electrons. The second-order valence-electron chi connectivity index (χ2n) is 18.0. The number of fused-ring (bicyclic) bond motifs is 4. The van der Waals surface area contributed by atoms with Gasteiger partial charge in [0.05, 0.1) is 39.8 Å². The lowest BCUT2D eigenvalue weighted by Gasteiger charge is -2.46. The molecule has 0 radical (unpaired) electrons. The van der Waals surface area contributed by atoms with E-state index in [2.05, 4.69) is 282 Å². The van der Waals surface area contributed by atoms with Gasteiger partial charge in [0.2, 0.25) is 5.88 Å². The first kappa shape index (κ1) is 41.1. The summed E-state index contributed by atoms with van der Waals surface area (Å²) in [4.78, 5) is 7.03. The van der Waals surface area contributed by atoms with Gasteiger partial charge in [-0.3, -0.25) is 4.90 Å². The van der Waals surface area contributed by atoms with Crippen molar-refractivity contribution in [3.8, 4) is 0 Å². The molecule has 0 atom stereocenters. The van der Waals surface area contributed by atoms with E-state index in [0.717, 1.165) is 51.4 Å². The van der Waals surface area contributed by atoms with Crippen molar-refractivity contribution in [2.45, 2.75) is 10.8 Å². The molecule has 1 aromatic heterocycles. The smallest absolute Gasteiger partial charge is 0.204 e. The summed E-state index contributed by atoms with van der Waals surface area (Å²) in [5.41, 5.74) is 17.5. The first-order chi connectivity index (χ1) is 34.8. The minimum atomic E-state index is -0.528. The molecule has 2 aliphatic heterocycles. The fraction of sp³-hybridized carbons (Fsp3) is 0.0303. The largest absolute Gasteiger partial charge is 0.448 e. The molecule has 0 amide bonds. The molecule has 0 spiro atoms. The van der Waals surface area contributed by atoms with Crippen molar-refractivity contribution < 1.29 is 4.42 Å². The lowest BCUT2D eigenvalue weighted by molar-refractivity contribution is 0.574. The molecule has 10 aromatic carbocycles. The van der Waals surface area contributed by atoms with Crippen molar-refractivity contribution in [2.24, 2.45) is 0 Å². The van der Waals surface area contributed by atoms with Gasteiger partial charge in [0.1, 0.15) is 0 Å². The van der Waals surface area contributed by atoms with E-state index in [1.165, 1.54) is 44.5 Å². The average Bonchev–Trinajstić information content (AvgIpc) is 3.98. The Morgan fingerprint density at radius 1 is 0.271 bits per heavy atom. The molecular weight excluding hydrogens is 851 g/mol. The summed E-state index contributed by atoms with van der Waals surface area (Å²) >= 11 is 0. The van der Waals surface area contributed by atoms with Crippen LogP contribution in [0.4, 0.5) is 51.4 Å². The number of nitrogens with zero attached hydrogens (tertiary/aromatic N) is 3. The SMILES string of the molecule is c1ccc(C2(c3ccccc3)c3ccccc3N(c3ccc(N(c4ccc(N5c6ccccc6C(c6ccccc6)(c6ccccc6)c6ccccc65)cc4)c4ccco4)cc3)c3ccccc32)cc1. The zero-order chi connectivity index (χ0) is 46.5. The molecule has 0 saturated carbocycles. The molecule has 4 nitrogen and oxygen atoms in total. The van der Waals surface area contributed by atoms with Gasteiger partial charge in [-0.05, 0) is 123 Å². The van der Waals surface area contributed by atoms with Gasteiger partial charge in [-0.1, -0.05) is 194 Å². The molecule has 0 aliphatic carbocycles. The molecule has 0 saturated heterocycles. The monoisotopic (exact) mass is 897 g/mol. The van der Waals surface area contributed by atoms with E-state index in [9.17, 15) is 0 Å². The molecule has 0 unspecified atom stereocenters. The van der Waals surface area contributed by atoms with Crippen LogP contribution >= 0.6 is 0 Å². The molecule has 0 bridgehead atoms. The van der Waals surface area contributed by atoms with Crippen LogP contribution in [0, 0.1) is 0 Å². The second kappa shape index (κ2) is 16.9. The van der Waals surface area contributed by atoms with Crippen LogP contribution in [0.3, 0.4) is 0 Å². The van der Waals surface area contributed by atoms with Gasteiger partial charge in [-0.2, -0.15) is 0 Å². The third kappa shape index (κ3) is 6.23. The third-order valence-electron chi connectivity index (χ3n) is 14.5. The Labute approximate surface area is 409 Å². The summed E-state index contributed by atoms with van der Waals surface area (Å²) in [6.07, 6.45) is 1.74. The Morgan fingerprint density at radius 2 is 0.557 bits per heavy atom. The van der Waals surface area contributed by atoms with E-state index >= 15 is 0 Å². The summed E-state index contributed by atoms with van der Waals surface area (Å²) in [6.45, 7) is 0. The number of anilines is 9. The van der Waals surface area contributed by atoms with E-state index in [1.807, 2.05) is 12.1 Å². The van der Waals surface area contributed by atoms with Gasteiger partial charge in [0.25, 0.3) is 0 Å². The molecule has 3 heterocycles. The van der Waals surface area contributed by atoms with Crippen LogP contribution in [0.15, 0.2) is 290 Å². The Balaban J connectivity index is 0.901. The molecule has 0 fully saturated rings. The number of hydrogen-bond acceptors (Lipinski definition) is 4. The Hall–Kier alpha value is -9.12. The van der Waals surface area contributed by atoms with Crippen LogP contribution in [-0.4, -0.2) is 0 Å². The minimum Gasteiger partial charge on any atom is -0.448 e. The predicted octanol–water partition coefficient (Wildman–Crippen LogP) is 17.1. The highest BCUT2D eigenvalue weighted by Crippen LogP contribution is 2.59. The van der Waals surface area contributed by atoms with E-state index in [0.29, 0.717) is 0 Å². The maximum Gasteiger partial charge on any atom is 0.204 e. The lowest BCUT2D eigenvalue weighted by Crippen LogP contribution is -2.37. The van der Waals surface area contributed by atoms with E-state index in [1.54, 1.807) is 6.26 Å². The van der Waals surface area contributed by atoms with Crippen LogP contribution in [0.2, 0.25) is 0 Å². The van der Waals surface area contributed by atoms with Crippen LogP contribution in [0.25, 0.3) is 0 Å². The average molecular weight is 898 g/mol. The number of furan rings is 1. The van der Waals surface area contributed by atoms with Crippen molar-refractivity contribution >= 4 is 51.4 Å². The minimum absolute atomic E-state index is 0.528. The zero-order valence-electron chi connectivity index (χ0n) is 38.4. The number of benzene rings is 10. The molecule has 4 heteroatoms. The molecule has 13 rings (SSSR count). The topological polar surface area (TPSA) is 22.9 Å². The number of para-hydroxylation sites is 4. The summed E-state index contributed by atoms with van der Waals surface area (Å²) in [7, 11) is 0. The van der Waals surface area contributed by atoms with E-state index < -0.39 is 10.8 Å². The van der Waals surface area contributed by atoms with Gasteiger partial charge < -0.3 is 14.2 Å². The molecular formula is C66H47N3O. The summed E-state index contributed by atoms with van der Waals surface area (Å²) in [5.74, 6) is 0.730. The van der Waals surface area contributed by atoms with Crippen molar-refractivity contribution in [1.82, 2.24) is 0 Å². The van der Waals surface area contributed by atoms with Crippen molar-refractivity contribution in [3.63, 3.8) is 0 Å². The quantitative estimate of drug-likeness (QED) is 0.144. The molecule has 2 aliphatic rings. The van der Waals surface area contributed by atoms with Gasteiger partial charge in [-0.15, -0.1) is 0 Å². The van der Waals surface area contributed by atoms with Crippen LogP contribution < -0.4 is 14.7 Å². The highest BCUT2D eigenvalue weighted by molar-refractivity contribution is 5.92. The fourth-order valence-corrected chi connectivity index (χ4v) is 11.7. The first-order valence-corrected chi connectivity index (χ1v) is 24.0. The fourth-order valence-electron chi connectivity index (χ4n) is 11.7. The maximum atomic E-state index is 6.20. The predicted molar refractivity (Wildman–Crippen MR) is 286 cm³/mol. The molecule has 11 aromatic rings. The normalized spacial score (nSPS) is 13.9. The van der Waals surface area contributed by atoms with Crippen molar-refractivity contribution in [3.05, 3.63) is 330 Å².